The fourth-order valence-electron chi connectivity index (χ4n) is 1.17. The SMILES string of the molecule is CC1C(=O)NCCN1C(N)=NN. The van der Waals surface area contributed by atoms with Crippen molar-refractivity contribution in [1.29, 1.82) is 0 Å². The molecule has 1 heterocycles. The maximum atomic E-state index is 11.1. The Morgan fingerprint density at radius 2 is 2.50 bits per heavy atom. The molecular weight excluding hydrogens is 158 g/mol. The van der Waals surface area contributed by atoms with Crippen LogP contribution in [0.25, 0.3) is 0 Å². The number of hydrazone groups is 1. The number of carbonyl (C=O) groups is 1. The molecular formula is C6H13N5O. The second-order valence-electron chi connectivity index (χ2n) is 2.65. The summed E-state index contributed by atoms with van der Waals surface area (Å²) in [5.41, 5.74) is 5.47. The Balaban J connectivity index is 2.70. The van der Waals surface area contributed by atoms with E-state index in [0.717, 1.165) is 0 Å². The summed E-state index contributed by atoms with van der Waals surface area (Å²) in [6.45, 7) is 2.99. The Hall–Kier alpha value is -1.46. The van der Waals surface area contributed by atoms with Crippen molar-refractivity contribution in [2.75, 3.05) is 13.1 Å². The molecule has 0 aromatic rings. The van der Waals surface area contributed by atoms with E-state index < -0.39 is 0 Å². The molecule has 1 rings (SSSR count). The minimum absolute atomic E-state index is 0.0483. The zero-order valence-electron chi connectivity index (χ0n) is 6.95. The van der Waals surface area contributed by atoms with Crippen LogP contribution >= 0.6 is 0 Å². The van der Waals surface area contributed by atoms with Gasteiger partial charge in [0, 0.05) is 13.1 Å². The average molecular weight is 171 g/mol. The average Bonchev–Trinajstić information content (AvgIpc) is 2.08. The lowest BCUT2D eigenvalue weighted by Gasteiger charge is -2.32. The van der Waals surface area contributed by atoms with E-state index >= 15 is 0 Å². The summed E-state index contributed by atoms with van der Waals surface area (Å²) in [5.74, 6) is 5.16. The van der Waals surface area contributed by atoms with Crippen molar-refractivity contribution in [3.63, 3.8) is 0 Å². The smallest absolute Gasteiger partial charge is 0.242 e. The van der Waals surface area contributed by atoms with E-state index in [1.54, 1.807) is 11.8 Å². The van der Waals surface area contributed by atoms with E-state index in [1.165, 1.54) is 0 Å². The maximum Gasteiger partial charge on any atom is 0.242 e. The molecule has 1 fully saturated rings. The lowest BCUT2D eigenvalue weighted by Crippen LogP contribution is -2.58. The van der Waals surface area contributed by atoms with Crippen LogP contribution in [0.3, 0.4) is 0 Å². The molecule has 1 atom stereocenters. The number of guanidine groups is 1. The zero-order chi connectivity index (χ0) is 9.14. The van der Waals surface area contributed by atoms with Gasteiger partial charge in [-0.1, -0.05) is 0 Å². The lowest BCUT2D eigenvalue weighted by atomic mass is 10.2. The number of nitrogens with zero attached hydrogens (tertiary/aromatic N) is 2. The van der Waals surface area contributed by atoms with Gasteiger partial charge in [0.25, 0.3) is 0 Å². The van der Waals surface area contributed by atoms with E-state index in [0.29, 0.717) is 13.1 Å². The Morgan fingerprint density at radius 3 is 3.08 bits per heavy atom. The third-order valence-electron chi connectivity index (χ3n) is 1.93. The Labute approximate surface area is 70.6 Å². The van der Waals surface area contributed by atoms with Crippen molar-refractivity contribution in [2.24, 2.45) is 16.7 Å². The van der Waals surface area contributed by atoms with Gasteiger partial charge in [-0.05, 0) is 6.92 Å². The minimum Gasteiger partial charge on any atom is -0.368 e. The second kappa shape index (κ2) is 3.29. The van der Waals surface area contributed by atoms with Crippen LogP contribution in [0, 0.1) is 0 Å². The van der Waals surface area contributed by atoms with Gasteiger partial charge in [-0.15, -0.1) is 5.10 Å². The van der Waals surface area contributed by atoms with E-state index in [1.807, 2.05) is 0 Å². The van der Waals surface area contributed by atoms with Crippen LogP contribution in [0.4, 0.5) is 0 Å². The van der Waals surface area contributed by atoms with E-state index in [4.69, 9.17) is 11.6 Å². The largest absolute Gasteiger partial charge is 0.368 e. The van der Waals surface area contributed by atoms with Crippen molar-refractivity contribution in [1.82, 2.24) is 10.2 Å². The second-order valence-corrected chi connectivity index (χ2v) is 2.65. The highest BCUT2D eigenvalue weighted by atomic mass is 16.2. The van der Waals surface area contributed by atoms with Gasteiger partial charge >= 0.3 is 0 Å². The van der Waals surface area contributed by atoms with Crippen LogP contribution in [0.1, 0.15) is 6.92 Å². The van der Waals surface area contributed by atoms with Crippen molar-refractivity contribution >= 4 is 11.9 Å². The van der Waals surface area contributed by atoms with Gasteiger partial charge in [-0.3, -0.25) is 4.79 Å². The van der Waals surface area contributed by atoms with Crippen LogP contribution in [-0.4, -0.2) is 35.9 Å². The third kappa shape index (κ3) is 1.41. The molecule has 12 heavy (non-hydrogen) atoms. The molecule has 1 aliphatic heterocycles. The first-order valence-corrected chi connectivity index (χ1v) is 3.74. The van der Waals surface area contributed by atoms with E-state index in [-0.39, 0.29) is 17.9 Å². The number of amides is 1. The monoisotopic (exact) mass is 171 g/mol. The molecule has 68 valence electrons. The van der Waals surface area contributed by atoms with Gasteiger partial charge in [0.05, 0.1) is 0 Å². The molecule has 1 aliphatic rings. The number of hydrogen-bond acceptors (Lipinski definition) is 3. The number of nitrogens with one attached hydrogen (secondary N) is 1. The fraction of sp³-hybridized carbons (Fsp3) is 0.667. The molecule has 5 N–H and O–H groups in total. The number of piperazine rings is 1. The van der Waals surface area contributed by atoms with Crippen LogP contribution in [0.15, 0.2) is 5.10 Å². The summed E-state index contributed by atoms with van der Waals surface area (Å²) >= 11 is 0. The first kappa shape index (κ1) is 8.63. The molecule has 1 unspecified atom stereocenters. The molecule has 0 aromatic heterocycles. The van der Waals surface area contributed by atoms with Crippen LogP contribution in [0.2, 0.25) is 0 Å². The van der Waals surface area contributed by atoms with Crippen molar-refractivity contribution in [3.8, 4) is 0 Å². The molecule has 0 aromatic carbocycles. The molecule has 6 heteroatoms. The van der Waals surface area contributed by atoms with Gasteiger partial charge in [-0.25, -0.2) is 0 Å². The maximum absolute atomic E-state index is 11.1. The standard InChI is InChI=1S/C6H13N5O/c1-4-5(12)9-2-3-11(4)6(7)10-8/h4H,2-3,8H2,1H3,(H2,7,10)(H,9,12). The zero-order valence-corrected chi connectivity index (χ0v) is 6.95. The van der Waals surface area contributed by atoms with Gasteiger partial charge < -0.3 is 21.8 Å². The number of carbonyl (C=O) groups excluding carboxylic acids is 1. The summed E-state index contributed by atoms with van der Waals surface area (Å²) in [5, 5.41) is 6.05. The molecule has 6 nitrogen and oxygen atoms in total. The Bertz CT molecular complexity index is 214. The first-order chi connectivity index (χ1) is 5.66. The number of rotatable bonds is 0. The lowest BCUT2D eigenvalue weighted by molar-refractivity contribution is -0.126. The predicted molar refractivity (Wildman–Crippen MR) is 45.0 cm³/mol. The summed E-state index contributed by atoms with van der Waals surface area (Å²) in [7, 11) is 0. The number of nitrogens with two attached hydrogens (primary N) is 2. The molecule has 1 saturated heterocycles. The van der Waals surface area contributed by atoms with Crippen LogP contribution in [0.5, 0.6) is 0 Å². The summed E-state index contributed by atoms with van der Waals surface area (Å²) in [6.07, 6.45) is 0. The van der Waals surface area contributed by atoms with Gasteiger partial charge in [0.2, 0.25) is 11.9 Å². The minimum atomic E-state index is -0.286. The van der Waals surface area contributed by atoms with Gasteiger partial charge in [0.1, 0.15) is 6.04 Å². The van der Waals surface area contributed by atoms with E-state index in [2.05, 4.69) is 10.4 Å². The normalized spacial score (nSPS) is 25.4. The highest BCUT2D eigenvalue weighted by Gasteiger charge is 2.26. The Kier molecular flexibility index (Phi) is 2.37. The van der Waals surface area contributed by atoms with Crippen molar-refractivity contribution in [3.05, 3.63) is 0 Å². The number of hydrogen-bond donors (Lipinski definition) is 3. The van der Waals surface area contributed by atoms with Crippen molar-refractivity contribution in [2.45, 2.75) is 13.0 Å². The third-order valence-corrected chi connectivity index (χ3v) is 1.93. The first-order valence-electron chi connectivity index (χ1n) is 3.74. The quantitative estimate of drug-likeness (QED) is 0.170. The topological polar surface area (TPSA) is 96.7 Å². The van der Waals surface area contributed by atoms with Gasteiger partial charge in [0.15, 0.2) is 0 Å². The van der Waals surface area contributed by atoms with Crippen molar-refractivity contribution < 1.29 is 4.79 Å². The highest BCUT2D eigenvalue weighted by Crippen LogP contribution is 2.01. The molecule has 0 radical (unpaired) electrons. The molecule has 0 aliphatic carbocycles. The summed E-state index contributed by atoms with van der Waals surface area (Å²) in [6, 6.07) is -0.286. The van der Waals surface area contributed by atoms with Crippen LogP contribution < -0.4 is 16.9 Å². The predicted octanol–water partition coefficient (Wildman–Crippen LogP) is -2.00. The molecule has 0 bridgehead atoms. The Morgan fingerprint density at radius 1 is 1.83 bits per heavy atom. The fourth-order valence-corrected chi connectivity index (χ4v) is 1.17. The highest BCUT2D eigenvalue weighted by molar-refractivity contribution is 5.88. The summed E-state index contributed by atoms with van der Waals surface area (Å²) < 4.78 is 0. The molecule has 1 amide bonds. The molecule has 0 spiro atoms. The van der Waals surface area contributed by atoms with Gasteiger partial charge in [-0.2, -0.15) is 0 Å². The van der Waals surface area contributed by atoms with Crippen LogP contribution in [-0.2, 0) is 4.79 Å². The molecule has 0 saturated carbocycles. The van der Waals surface area contributed by atoms with E-state index in [9.17, 15) is 4.79 Å². The summed E-state index contributed by atoms with van der Waals surface area (Å²) in [4.78, 5) is 12.8.